The Morgan fingerprint density at radius 3 is 2.10 bits per heavy atom. The van der Waals surface area contributed by atoms with Crippen molar-refractivity contribution in [3.63, 3.8) is 0 Å². The summed E-state index contributed by atoms with van der Waals surface area (Å²) in [5, 5.41) is 2.40. The molecule has 0 saturated carbocycles. The zero-order valence-corrected chi connectivity index (χ0v) is 13.8. The Bertz CT molecular complexity index is 651. The van der Waals surface area contributed by atoms with Crippen LogP contribution in [0.25, 0.3) is 10.8 Å². The molecule has 1 heterocycles. The van der Waals surface area contributed by atoms with Crippen molar-refractivity contribution in [3.05, 3.63) is 40.9 Å². The molecule has 2 nitrogen and oxygen atoms in total. The molecule has 0 spiro atoms. The number of hydrogen-bond acceptors (Lipinski definition) is 2. The average Bonchev–Trinajstić information content (AvgIpc) is 2.57. The lowest BCUT2D eigenvalue weighted by molar-refractivity contribution is 0.00578. The molecule has 1 fully saturated rings. The minimum atomic E-state index is -0.302. The maximum atomic E-state index is 6.10. The highest BCUT2D eigenvalue weighted by molar-refractivity contribution is 9.10. The molecule has 0 aromatic heterocycles. The van der Waals surface area contributed by atoms with Crippen LogP contribution in [0.5, 0.6) is 0 Å². The summed E-state index contributed by atoms with van der Waals surface area (Å²) in [6.07, 6.45) is 0. The van der Waals surface area contributed by atoms with E-state index in [0.29, 0.717) is 0 Å². The van der Waals surface area contributed by atoms with Crippen LogP contribution in [-0.2, 0) is 9.31 Å². The molecule has 1 aliphatic rings. The van der Waals surface area contributed by atoms with E-state index in [1.165, 1.54) is 10.8 Å². The largest absolute Gasteiger partial charge is 0.494 e. The summed E-state index contributed by atoms with van der Waals surface area (Å²) in [4.78, 5) is 0. The zero-order chi connectivity index (χ0) is 14.5. The summed E-state index contributed by atoms with van der Waals surface area (Å²) in [7, 11) is -0.302. The molecule has 0 unspecified atom stereocenters. The quantitative estimate of drug-likeness (QED) is 0.737. The molecule has 0 N–H and O–H groups in total. The van der Waals surface area contributed by atoms with Gasteiger partial charge in [-0.05, 0) is 56.1 Å². The summed E-state index contributed by atoms with van der Waals surface area (Å²) >= 11 is 3.51. The van der Waals surface area contributed by atoms with Crippen LogP contribution in [-0.4, -0.2) is 18.3 Å². The van der Waals surface area contributed by atoms with E-state index in [1.807, 2.05) is 0 Å². The standard InChI is InChI=1S/C16H18BBrO2/c1-15(2)16(3,4)20-17(19-15)13-7-5-11-6-8-14(18)10-12(11)9-13/h5-10H,1-4H3. The Labute approximate surface area is 128 Å². The Balaban J connectivity index is 2.00. The molecule has 0 aliphatic carbocycles. The van der Waals surface area contributed by atoms with Crippen molar-refractivity contribution in [1.82, 2.24) is 0 Å². The molecule has 4 heteroatoms. The van der Waals surface area contributed by atoms with Crippen LogP contribution in [0.15, 0.2) is 40.9 Å². The molecular formula is C16H18BBrO2. The minimum absolute atomic E-state index is 0.302. The first kappa shape index (κ1) is 14.1. The summed E-state index contributed by atoms with van der Waals surface area (Å²) in [5.74, 6) is 0. The van der Waals surface area contributed by atoms with E-state index < -0.39 is 0 Å². The lowest BCUT2D eigenvalue weighted by Crippen LogP contribution is -2.41. The van der Waals surface area contributed by atoms with Gasteiger partial charge in [0.2, 0.25) is 0 Å². The minimum Gasteiger partial charge on any atom is -0.399 e. The van der Waals surface area contributed by atoms with Crippen molar-refractivity contribution in [2.24, 2.45) is 0 Å². The summed E-state index contributed by atoms with van der Waals surface area (Å²) in [6, 6.07) is 12.6. The summed E-state index contributed by atoms with van der Waals surface area (Å²) < 4.78 is 13.3. The fourth-order valence-corrected chi connectivity index (χ4v) is 2.74. The van der Waals surface area contributed by atoms with Crippen molar-refractivity contribution < 1.29 is 9.31 Å². The fraction of sp³-hybridized carbons (Fsp3) is 0.375. The van der Waals surface area contributed by atoms with E-state index in [4.69, 9.17) is 9.31 Å². The van der Waals surface area contributed by atoms with E-state index in [1.54, 1.807) is 0 Å². The van der Waals surface area contributed by atoms with Gasteiger partial charge in [-0.2, -0.15) is 0 Å². The van der Waals surface area contributed by atoms with E-state index in [-0.39, 0.29) is 18.3 Å². The third-order valence-corrected chi connectivity index (χ3v) is 4.85. The number of hydrogen-bond donors (Lipinski definition) is 0. The van der Waals surface area contributed by atoms with Crippen LogP contribution in [0.2, 0.25) is 0 Å². The Hall–Kier alpha value is -0.835. The molecule has 0 amide bonds. The smallest absolute Gasteiger partial charge is 0.399 e. The third-order valence-electron chi connectivity index (χ3n) is 4.35. The van der Waals surface area contributed by atoms with Gasteiger partial charge in [0.25, 0.3) is 0 Å². The monoisotopic (exact) mass is 332 g/mol. The number of fused-ring (bicyclic) bond motifs is 1. The topological polar surface area (TPSA) is 18.5 Å². The molecule has 1 aliphatic heterocycles. The summed E-state index contributed by atoms with van der Waals surface area (Å²) in [5.41, 5.74) is 0.461. The Morgan fingerprint density at radius 1 is 0.850 bits per heavy atom. The number of rotatable bonds is 1. The van der Waals surface area contributed by atoms with Crippen molar-refractivity contribution in [2.75, 3.05) is 0 Å². The molecule has 20 heavy (non-hydrogen) atoms. The highest BCUT2D eigenvalue weighted by atomic mass is 79.9. The first-order valence-electron chi connectivity index (χ1n) is 6.83. The molecule has 2 aromatic rings. The van der Waals surface area contributed by atoms with Gasteiger partial charge >= 0.3 is 7.12 Å². The van der Waals surface area contributed by atoms with Crippen molar-refractivity contribution in [1.29, 1.82) is 0 Å². The predicted octanol–water partition coefficient (Wildman–Crippen LogP) is 3.90. The molecule has 0 bridgehead atoms. The van der Waals surface area contributed by atoms with Gasteiger partial charge < -0.3 is 9.31 Å². The second-order valence-corrected chi connectivity index (χ2v) is 7.25. The van der Waals surface area contributed by atoms with Gasteiger partial charge in [0.15, 0.2) is 0 Å². The normalized spacial score (nSPS) is 20.6. The van der Waals surface area contributed by atoms with Crippen LogP contribution in [0.4, 0.5) is 0 Å². The fourth-order valence-electron chi connectivity index (χ4n) is 2.36. The van der Waals surface area contributed by atoms with E-state index in [2.05, 4.69) is 80.0 Å². The van der Waals surface area contributed by atoms with Crippen molar-refractivity contribution >= 4 is 39.3 Å². The number of halogens is 1. The van der Waals surface area contributed by atoms with E-state index >= 15 is 0 Å². The highest BCUT2D eigenvalue weighted by Crippen LogP contribution is 2.36. The van der Waals surface area contributed by atoms with E-state index in [0.717, 1.165) is 9.94 Å². The number of benzene rings is 2. The zero-order valence-electron chi connectivity index (χ0n) is 12.2. The lowest BCUT2D eigenvalue weighted by atomic mass is 9.78. The predicted molar refractivity (Wildman–Crippen MR) is 87.4 cm³/mol. The summed E-state index contributed by atoms with van der Waals surface area (Å²) in [6.45, 7) is 8.30. The van der Waals surface area contributed by atoms with Gasteiger partial charge in [-0.3, -0.25) is 0 Å². The van der Waals surface area contributed by atoms with Crippen LogP contribution in [0, 0.1) is 0 Å². The molecule has 3 rings (SSSR count). The van der Waals surface area contributed by atoms with Gasteiger partial charge in [-0.25, -0.2) is 0 Å². The highest BCUT2D eigenvalue weighted by Gasteiger charge is 2.51. The molecular weight excluding hydrogens is 315 g/mol. The van der Waals surface area contributed by atoms with Crippen LogP contribution in [0.1, 0.15) is 27.7 Å². The van der Waals surface area contributed by atoms with Crippen molar-refractivity contribution in [2.45, 2.75) is 38.9 Å². The molecule has 0 radical (unpaired) electrons. The first-order valence-corrected chi connectivity index (χ1v) is 7.63. The second kappa shape index (κ2) is 4.59. The van der Waals surface area contributed by atoms with Gasteiger partial charge in [-0.15, -0.1) is 0 Å². The maximum Gasteiger partial charge on any atom is 0.494 e. The van der Waals surface area contributed by atoms with E-state index in [9.17, 15) is 0 Å². The van der Waals surface area contributed by atoms with Gasteiger partial charge in [0.1, 0.15) is 0 Å². The Kier molecular flexibility index (Phi) is 3.24. The first-order chi connectivity index (χ1) is 9.28. The molecule has 2 aromatic carbocycles. The molecule has 104 valence electrons. The van der Waals surface area contributed by atoms with Crippen LogP contribution in [0.3, 0.4) is 0 Å². The van der Waals surface area contributed by atoms with Crippen molar-refractivity contribution in [3.8, 4) is 0 Å². The van der Waals surface area contributed by atoms with Gasteiger partial charge in [-0.1, -0.05) is 40.2 Å². The van der Waals surface area contributed by atoms with Gasteiger partial charge in [0, 0.05) is 4.47 Å². The Morgan fingerprint density at radius 2 is 1.45 bits per heavy atom. The SMILES string of the molecule is CC1(C)OB(c2ccc3ccc(Br)cc3c2)OC1(C)C. The van der Waals surface area contributed by atoms with Crippen LogP contribution < -0.4 is 5.46 Å². The van der Waals surface area contributed by atoms with Gasteiger partial charge in [0.05, 0.1) is 11.2 Å². The lowest BCUT2D eigenvalue weighted by Gasteiger charge is -2.32. The van der Waals surface area contributed by atoms with Crippen LogP contribution >= 0.6 is 15.9 Å². The maximum absolute atomic E-state index is 6.10. The molecule has 1 saturated heterocycles. The molecule has 0 atom stereocenters. The second-order valence-electron chi connectivity index (χ2n) is 6.34. The third kappa shape index (κ3) is 2.30. The average molecular weight is 333 g/mol.